The molecule has 1 unspecified atom stereocenters. The summed E-state index contributed by atoms with van der Waals surface area (Å²) in [5.41, 5.74) is 1.18. The normalized spacial score (nSPS) is 17.9. The van der Waals surface area contributed by atoms with Gasteiger partial charge in [0, 0.05) is 36.0 Å². The summed E-state index contributed by atoms with van der Waals surface area (Å²) < 4.78 is 5.40. The van der Waals surface area contributed by atoms with Gasteiger partial charge in [-0.15, -0.1) is 12.4 Å². The number of hydrogen-bond donors (Lipinski definition) is 2. The minimum Gasteiger partial charge on any atom is -0.378 e. The van der Waals surface area contributed by atoms with Crippen molar-refractivity contribution < 1.29 is 9.53 Å². The largest absolute Gasteiger partial charge is 0.378 e. The van der Waals surface area contributed by atoms with E-state index in [4.69, 9.17) is 16.3 Å². The second-order valence-corrected chi connectivity index (χ2v) is 6.64. The van der Waals surface area contributed by atoms with Gasteiger partial charge in [-0.1, -0.05) is 37.6 Å². The van der Waals surface area contributed by atoms with E-state index in [9.17, 15) is 4.79 Å². The van der Waals surface area contributed by atoms with E-state index < -0.39 is 0 Å². The van der Waals surface area contributed by atoms with Gasteiger partial charge in [0.05, 0.1) is 13.2 Å². The van der Waals surface area contributed by atoms with E-state index in [2.05, 4.69) is 36.6 Å². The predicted molar refractivity (Wildman–Crippen MR) is 101 cm³/mol. The standard InChI is InChI=1S/C18H27ClN2O2.ClH/c1-3-18(4-2,14-5-7-15(19)8-6-14)13-21-17(22)11-16-12-23-10-9-20-16;/h5-8,16,20H,3-4,9-13H2,1-2H3,(H,21,22);1H. The van der Waals surface area contributed by atoms with Crippen LogP contribution in [-0.4, -0.2) is 38.3 Å². The first-order valence-corrected chi connectivity index (χ1v) is 8.81. The van der Waals surface area contributed by atoms with Crippen LogP contribution in [0.1, 0.15) is 38.7 Å². The van der Waals surface area contributed by atoms with Crippen molar-refractivity contribution in [3.8, 4) is 0 Å². The average Bonchev–Trinajstić information content (AvgIpc) is 2.58. The molecule has 4 nitrogen and oxygen atoms in total. The fourth-order valence-electron chi connectivity index (χ4n) is 3.13. The molecule has 1 aliphatic heterocycles. The first-order chi connectivity index (χ1) is 11.1. The number of morpholine rings is 1. The molecule has 136 valence electrons. The number of benzene rings is 1. The number of carbonyl (C=O) groups is 1. The topological polar surface area (TPSA) is 50.4 Å². The Morgan fingerprint density at radius 3 is 2.54 bits per heavy atom. The molecule has 0 aromatic heterocycles. The number of amides is 1. The molecular weight excluding hydrogens is 347 g/mol. The monoisotopic (exact) mass is 374 g/mol. The minimum absolute atomic E-state index is 0. The lowest BCUT2D eigenvalue weighted by molar-refractivity contribution is -0.122. The smallest absolute Gasteiger partial charge is 0.221 e. The molecular formula is C18H28Cl2N2O2. The van der Waals surface area contributed by atoms with E-state index >= 15 is 0 Å². The van der Waals surface area contributed by atoms with Gasteiger partial charge in [0.25, 0.3) is 0 Å². The second-order valence-electron chi connectivity index (χ2n) is 6.20. The molecule has 1 fully saturated rings. The van der Waals surface area contributed by atoms with E-state index in [0.717, 1.165) is 31.0 Å². The van der Waals surface area contributed by atoms with Crippen LogP contribution in [0.4, 0.5) is 0 Å². The Bertz CT molecular complexity index is 498. The molecule has 0 aliphatic carbocycles. The van der Waals surface area contributed by atoms with Gasteiger partial charge in [0.15, 0.2) is 0 Å². The molecule has 0 radical (unpaired) electrons. The summed E-state index contributed by atoms with van der Waals surface area (Å²) in [7, 11) is 0. The predicted octanol–water partition coefficient (Wildman–Crippen LogP) is 3.31. The maximum Gasteiger partial charge on any atom is 0.221 e. The fourth-order valence-corrected chi connectivity index (χ4v) is 3.25. The van der Waals surface area contributed by atoms with Crippen molar-refractivity contribution in [2.45, 2.75) is 44.6 Å². The second kappa shape index (κ2) is 10.2. The van der Waals surface area contributed by atoms with Crippen molar-refractivity contribution in [1.82, 2.24) is 10.6 Å². The summed E-state index contributed by atoms with van der Waals surface area (Å²) in [4.78, 5) is 12.2. The van der Waals surface area contributed by atoms with Crippen LogP contribution in [0.25, 0.3) is 0 Å². The van der Waals surface area contributed by atoms with Gasteiger partial charge in [0.2, 0.25) is 5.91 Å². The van der Waals surface area contributed by atoms with Crippen LogP contribution in [0.3, 0.4) is 0 Å². The van der Waals surface area contributed by atoms with Gasteiger partial charge in [-0.25, -0.2) is 0 Å². The molecule has 2 rings (SSSR count). The molecule has 1 saturated heterocycles. The Labute approximate surface area is 156 Å². The van der Waals surface area contributed by atoms with Gasteiger partial charge < -0.3 is 15.4 Å². The number of carbonyl (C=O) groups excluding carboxylic acids is 1. The number of nitrogens with one attached hydrogen (secondary N) is 2. The Kier molecular flexibility index (Phi) is 9.06. The van der Waals surface area contributed by atoms with Crippen LogP contribution in [0.2, 0.25) is 5.02 Å². The molecule has 2 N–H and O–H groups in total. The quantitative estimate of drug-likeness (QED) is 0.769. The van der Waals surface area contributed by atoms with Gasteiger partial charge in [-0.3, -0.25) is 4.79 Å². The van der Waals surface area contributed by atoms with Crippen molar-refractivity contribution in [2.75, 3.05) is 26.3 Å². The molecule has 1 aliphatic rings. The molecule has 1 heterocycles. The summed E-state index contributed by atoms with van der Waals surface area (Å²) in [6.07, 6.45) is 2.40. The van der Waals surface area contributed by atoms with Crippen LogP contribution in [0.15, 0.2) is 24.3 Å². The summed E-state index contributed by atoms with van der Waals surface area (Å²) in [5.74, 6) is 0.0771. The molecule has 1 aromatic rings. The van der Waals surface area contributed by atoms with Gasteiger partial charge in [-0.2, -0.15) is 0 Å². The average molecular weight is 375 g/mol. The first kappa shape index (κ1) is 21.2. The lowest BCUT2D eigenvalue weighted by Gasteiger charge is -2.33. The van der Waals surface area contributed by atoms with Crippen molar-refractivity contribution in [3.63, 3.8) is 0 Å². The van der Waals surface area contributed by atoms with Gasteiger partial charge >= 0.3 is 0 Å². The molecule has 6 heteroatoms. The molecule has 0 bridgehead atoms. The van der Waals surface area contributed by atoms with Crippen LogP contribution in [-0.2, 0) is 14.9 Å². The molecule has 0 spiro atoms. The summed E-state index contributed by atoms with van der Waals surface area (Å²) in [6, 6.07) is 8.09. The van der Waals surface area contributed by atoms with Crippen molar-refractivity contribution >= 4 is 29.9 Å². The highest BCUT2D eigenvalue weighted by molar-refractivity contribution is 6.30. The third kappa shape index (κ3) is 5.62. The lowest BCUT2D eigenvalue weighted by atomic mass is 9.76. The highest BCUT2D eigenvalue weighted by Crippen LogP contribution is 2.31. The van der Waals surface area contributed by atoms with E-state index in [1.807, 2.05) is 12.1 Å². The Balaban J connectivity index is 0.00000288. The maximum atomic E-state index is 12.2. The van der Waals surface area contributed by atoms with E-state index in [1.54, 1.807) is 0 Å². The van der Waals surface area contributed by atoms with Crippen LogP contribution < -0.4 is 10.6 Å². The highest BCUT2D eigenvalue weighted by atomic mass is 35.5. The number of hydrogen-bond acceptors (Lipinski definition) is 3. The number of rotatable bonds is 7. The summed E-state index contributed by atoms with van der Waals surface area (Å²) in [5, 5.41) is 7.17. The molecule has 0 saturated carbocycles. The first-order valence-electron chi connectivity index (χ1n) is 8.43. The third-order valence-corrected chi connectivity index (χ3v) is 5.12. The summed E-state index contributed by atoms with van der Waals surface area (Å²) >= 11 is 6.00. The number of halogens is 2. The highest BCUT2D eigenvalue weighted by Gasteiger charge is 2.29. The third-order valence-electron chi connectivity index (χ3n) is 4.86. The van der Waals surface area contributed by atoms with Crippen LogP contribution in [0, 0.1) is 0 Å². The van der Waals surface area contributed by atoms with E-state index in [1.165, 1.54) is 5.56 Å². The van der Waals surface area contributed by atoms with Gasteiger partial charge in [-0.05, 0) is 30.5 Å². The van der Waals surface area contributed by atoms with Crippen LogP contribution in [0.5, 0.6) is 0 Å². The van der Waals surface area contributed by atoms with Crippen LogP contribution >= 0.6 is 24.0 Å². The van der Waals surface area contributed by atoms with Crippen molar-refractivity contribution in [1.29, 1.82) is 0 Å². The molecule has 24 heavy (non-hydrogen) atoms. The number of ether oxygens (including phenoxy) is 1. The Morgan fingerprint density at radius 2 is 2.00 bits per heavy atom. The molecule has 1 amide bonds. The zero-order chi connectivity index (χ0) is 16.7. The van der Waals surface area contributed by atoms with E-state index in [-0.39, 0.29) is 29.8 Å². The van der Waals surface area contributed by atoms with Crippen molar-refractivity contribution in [2.24, 2.45) is 0 Å². The minimum atomic E-state index is -0.0449. The zero-order valence-electron chi connectivity index (χ0n) is 14.4. The van der Waals surface area contributed by atoms with Crippen molar-refractivity contribution in [3.05, 3.63) is 34.9 Å². The Morgan fingerprint density at radius 1 is 1.33 bits per heavy atom. The Hall–Kier alpha value is -0.810. The molecule has 1 atom stereocenters. The van der Waals surface area contributed by atoms with E-state index in [0.29, 0.717) is 19.6 Å². The van der Waals surface area contributed by atoms with Gasteiger partial charge in [0.1, 0.15) is 0 Å². The lowest BCUT2D eigenvalue weighted by Crippen LogP contribution is -2.46. The SMILES string of the molecule is CCC(CC)(CNC(=O)CC1COCCN1)c1ccc(Cl)cc1.Cl. The zero-order valence-corrected chi connectivity index (χ0v) is 16.0. The summed E-state index contributed by atoms with van der Waals surface area (Å²) in [6.45, 7) is 7.13. The fraction of sp³-hybridized carbons (Fsp3) is 0.611. The maximum absolute atomic E-state index is 12.2. The molecule has 1 aromatic carbocycles.